The van der Waals surface area contributed by atoms with E-state index in [1.54, 1.807) is 66.8 Å². The van der Waals surface area contributed by atoms with Crippen molar-refractivity contribution in [1.29, 1.82) is 0 Å². The lowest BCUT2D eigenvalue weighted by Gasteiger charge is -2.44. The van der Waals surface area contributed by atoms with Gasteiger partial charge in [-0.1, -0.05) is 106 Å². The number of carbonyl (C=O) groups excluding carboxylic acids is 4. The number of esters is 1. The summed E-state index contributed by atoms with van der Waals surface area (Å²) in [6.07, 6.45) is 11.9. The van der Waals surface area contributed by atoms with Gasteiger partial charge in [-0.25, -0.2) is 0 Å². The molecule has 15 unspecified atom stereocenters. The van der Waals surface area contributed by atoms with Gasteiger partial charge in [-0.05, 0) is 68.2 Å². The summed E-state index contributed by atoms with van der Waals surface area (Å²) < 4.78 is 23.8. The summed E-state index contributed by atoms with van der Waals surface area (Å²) in [7, 11) is 0. The smallest absolute Gasteiger partial charge is 0.313 e. The highest BCUT2D eigenvalue weighted by Gasteiger charge is 2.50. The lowest BCUT2D eigenvalue weighted by molar-refractivity contribution is -0.303. The van der Waals surface area contributed by atoms with Crippen molar-refractivity contribution >= 4 is 35.0 Å². The van der Waals surface area contributed by atoms with E-state index < -0.39 is 116 Å². The number of aliphatic carboxylic acids is 1. The van der Waals surface area contributed by atoms with Gasteiger partial charge in [0.2, 0.25) is 0 Å². The van der Waals surface area contributed by atoms with Crippen molar-refractivity contribution in [1.82, 2.24) is 0 Å². The van der Waals surface area contributed by atoms with Gasteiger partial charge in [0.05, 0.1) is 55.4 Å². The number of cyclic esters (lactones) is 1. The first-order valence-corrected chi connectivity index (χ1v) is 26.4. The number of rotatable bonds is 10. The molecule has 15 atom stereocenters. The molecule has 0 saturated carbocycles. The molecular weight excluding hydrogens is 983 g/mol. The quantitative estimate of drug-likeness (QED) is 0.0607. The lowest BCUT2D eigenvalue weighted by atomic mass is 9.82. The topological polar surface area (TPSA) is 310 Å². The molecule has 0 aliphatic carbocycles. The third kappa shape index (κ3) is 23.2. The molecule has 3 aliphatic rings. The van der Waals surface area contributed by atoms with Crippen LogP contribution >= 0.6 is 0 Å². The minimum absolute atomic E-state index is 0.0325. The fraction of sp³-hybridized carbons (Fsp3) is 0.569. The van der Waals surface area contributed by atoms with Gasteiger partial charge in [-0.15, -0.1) is 0 Å². The molecule has 0 amide bonds. The Balaban J connectivity index is 1.50. The number of Topliss-reactive ketones (excluding diaryl/α,β-unsaturated/α-hetero) is 3. The monoisotopic (exact) mass is 1060 g/mol. The van der Waals surface area contributed by atoms with Crippen LogP contribution in [0.2, 0.25) is 0 Å². The Labute approximate surface area is 446 Å². The summed E-state index contributed by atoms with van der Waals surface area (Å²) in [5.74, 6) is -7.98. The summed E-state index contributed by atoms with van der Waals surface area (Å²) in [5, 5.41) is 86.2. The number of hydrogen-bond acceptors (Lipinski definition) is 17. The van der Waals surface area contributed by atoms with Gasteiger partial charge in [-0.2, -0.15) is 0 Å². The molecular formula is C58H81NO17. The van der Waals surface area contributed by atoms with E-state index in [2.05, 4.69) is 0 Å². The predicted molar refractivity (Wildman–Crippen MR) is 283 cm³/mol. The van der Waals surface area contributed by atoms with Crippen LogP contribution in [-0.2, 0) is 38.1 Å². The number of hydrogen-bond donors (Lipinski definition) is 9. The summed E-state index contributed by atoms with van der Waals surface area (Å²) >= 11 is 0. The van der Waals surface area contributed by atoms with Crippen molar-refractivity contribution in [3.63, 3.8) is 0 Å². The van der Waals surface area contributed by atoms with Crippen LogP contribution in [0, 0.1) is 23.7 Å². The number of ketones is 3. The number of nitrogen functional groups attached to an aromatic ring is 1. The molecule has 18 nitrogen and oxygen atoms in total. The molecule has 76 heavy (non-hydrogen) atoms. The number of allylic oxidation sites excluding steroid dienone is 12. The predicted octanol–water partition coefficient (Wildman–Crippen LogP) is 5.47. The second kappa shape index (κ2) is 32.5. The molecule has 2 fully saturated rings. The van der Waals surface area contributed by atoms with Crippen LogP contribution in [-0.4, -0.2) is 144 Å². The Hall–Kier alpha value is -5.25. The zero-order chi connectivity index (χ0) is 55.8. The van der Waals surface area contributed by atoms with Crippen molar-refractivity contribution in [2.45, 2.75) is 178 Å². The van der Waals surface area contributed by atoms with Crippen LogP contribution in [0.4, 0.5) is 5.69 Å². The van der Waals surface area contributed by atoms with Crippen molar-refractivity contribution in [2.24, 2.45) is 23.7 Å². The number of anilines is 1. The molecule has 3 heterocycles. The molecule has 1 aromatic rings. The number of ether oxygens (including phenoxy) is 4. The van der Waals surface area contributed by atoms with Crippen LogP contribution in [0.5, 0.6) is 0 Å². The number of fused-ring (bicyclic) bond motifs is 2. The van der Waals surface area contributed by atoms with E-state index in [0.29, 0.717) is 30.5 Å². The van der Waals surface area contributed by atoms with E-state index in [9.17, 15) is 64.8 Å². The Morgan fingerprint density at radius 3 is 1.96 bits per heavy atom. The summed E-state index contributed by atoms with van der Waals surface area (Å²) in [5.41, 5.74) is 6.70. The molecule has 2 saturated heterocycles. The SMILES string of the molecule is CC1/C=C/C=C/C=C/C=C/C=C/C=C/C=C/C(OC2CCC(O)CO2)CC2OC(O)(CC(O)CC(O)CC(O)CC(=O)CCCC(=O)CC(=O)OC1C(C)CC(C)C(O)CC(=O)c1ccc(N)cc1)CC(O)C2C(=O)O. The molecule has 4 rings (SSSR count). The molecule has 0 radical (unpaired) electrons. The van der Waals surface area contributed by atoms with Gasteiger partial charge < -0.3 is 65.5 Å². The van der Waals surface area contributed by atoms with Gasteiger partial charge in [0.15, 0.2) is 17.9 Å². The maximum Gasteiger partial charge on any atom is 0.313 e. The Morgan fingerprint density at radius 1 is 0.763 bits per heavy atom. The highest BCUT2D eigenvalue weighted by Crippen LogP contribution is 2.38. The van der Waals surface area contributed by atoms with Crippen LogP contribution in [0.1, 0.15) is 121 Å². The average molecular weight is 1060 g/mol. The lowest BCUT2D eigenvalue weighted by Crippen LogP contribution is -2.56. The summed E-state index contributed by atoms with van der Waals surface area (Å²) in [4.78, 5) is 64.5. The molecule has 18 heteroatoms. The number of carboxylic acids is 1. The number of carboxylic acid groups (broad SMARTS) is 1. The highest BCUT2D eigenvalue weighted by molar-refractivity contribution is 5.97. The highest BCUT2D eigenvalue weighted by atomic mass is 16.7. The van der Waals surface area contributed by atoms with Gasteiger partial charge in [-0.3, -0.25) is 24.0 Å². The summed E-state index contributed by atoms with van der Waals surface area (Å²) in [6, 6.07) is 6.46. The minimum atomic E-state index is -2.24. The zero-order valence-electron chi connectivity index (χ0n) is 43.9. The van der Waals surface area contributed by atoms with Crippen molar-refractivity contribution in [3.05, 3.63) is 115 Å². The van der Waals surface area contributed by atoms with Crippen LogP contribution in [0.15, 0.2) is 109 Å². The molecule has 0 aromatic heterocycles. The third-order valence-corrected chi connectivity index (χ3v) is 13.7. The van der Waals surface area contributed by atoms with Crippen molar-refractivity contribution < 1.29 is 83.8 Å². The van der Waals surface area contributed by atoms with Crippen molar-refractivity contribution in [2.75, 3.05) is 12.3 Å². The van der Waals surface area contributed by atoms with E-state index in [-0.39, 0.29) is 81.5 Å². The third-order valence-electron chi connectivity index (χ3n) is 13.7. The number of aliphatic hydroxyl groups excluding tert-OH is 6. The van der Waals surface area contributed by atoms with E-state index in [1.165, 1.54) is 0 Å². The van der Waals surface area contributed by atoms with Gasteiger partial charge in [0.1, 0.15) is 30.0 Å². The number of aliphatic hydroxyl groups is 7. The second-order valence-electron chi connectivity index (χ2n) is 20.6. The molecule has 3 aliphatic heterocycles. The molecule has 2 bridgehead atoms. The van der Waals surface area contributed by atoms with E-state index in [4.69, 9.17) is 24.7 Å². The van der Waals surface area contributed by atoms with Crippen LogP contribution < -0.4 is 5.73 Å². The molecule has 1 aromatic carbocycles. The maximum absolute atomic E-state index is 13.3. The van der Waals surface area contributed by atoms with E-state index >= 15 is 0 Å². The normalized spacial score (nSPS) is 35.0. The molecule has 420 valence electrons. The first kappa shape index (κ1) is 63.3. The Bertz CT molecular complexity index is 2210. The van der Waals surface area contributed by atoms with Crippen LogP contribution in [0.25, 0.3) is 0 Å². The van der Waals surface area contributed by atoms with E-state index in [1.807, 2.05) is 63.3 Å². The fourth-order valence-electron chi connectivity index (χ4n) is 9.70. The van der Waals surface area contributed by atoms with Gasteiger partial charge in [0.25, 0.3) is 0 Å². The number of nitrogens with two attached hydrogens (primary N) is 1. The maximum atomic E-state index is 13.3. The zero-order valence-corrected chi connectivity index (χ0v) is 43.9. The van der Waals surface area contributed by atoms with Crippen molar-refractivity contribution in [3.8, 4) is 0 Å². The number of carbonyl (C=O) groups is 5. The molecule has 10 N–H and O–H groups in total. The standard InChI is InChI=1S/C58H81NO17/c1-37-17-14-12-10-8-6-4-5-7-9-11-13-15-20-48(74-54-26-25-44(62)36-73-54)32-52-55(57(70)71)51(68)35-58(72,76-52)34-47(65)30-46(64)29-45(63)28-42(60)18-16-19-43(61)31-53(69)75-56(37)39(3)27-38(2)49(66)33-50(67)40-21-23-41(59)24-22-40/h4-15,17,20-24,37-39,44-49,51-52,54-56,62-66,68,72H,16,18-19,25-36,59H2,1-3H3,(H,70,71)/b5-4+,8-6+,9-7+,12-10+,13-11+,17-14+,20-15+. The molecule has 0 spiro atoms. The fourth-order valence-corrected chi connectivity index (χ4v) is 9.70. The van der Waals surface area contributed by atoms with Crippen LogP contribution in [0.3, 0.4) is 0 Å². The first-order valence-electron chi connectivity index (χ1n) is 26.4. The average Bonchev–Trinajstić information content (AvgIpc) is 3.32. The Kier molecular flexibility index (Phi) is 27.0. The minimum Gasteiger partial charge on any atom is -0.481 e. The summed E-state index contributed by atoms with van der Waals surface area (Å²) in [6.45, 7) is 5.60. The first-order chi connectivity index (χ1) is 36.1. The largest absolute Gasteiger partial charge is 0.481 e. The van der Waals surface area contributed by atoms with Gasteiger partial charge in [0, 0.05) is 68.5 Å². The van der Waals surface area contributed by atoms with Gasteiger partial charge >= 0.3 is 11.9 Å². The second-order valence-corrected chi connectivity index (χ2v) is 20.6. The van der Waals surface area contributed by atoms with E-state index in [0.717, 1.165) is 0 Å². The Morgan fingerprint density at radius 2 is 1.36 bits per heavy atom. The number of benzene rings is 1.